The Kier molecular flexibility index (Phi) is 2.59. The van der Waals surface area contributed by atoms with Crippen LogP contribution in [0.2, 0.25) is 0 Å². The Balaban J connectivity index is 1.82. The van der Waals surface area contributed by atoms with Crippen molar-refractivity contribution in [3.8, 4) is 0 Å². The molecule has 2 aliphatic heterocycles. The van der Waals surface area contributed by atoms with Crippen LogP contribution in [0.1, 0.15) is 25.1 Å². The minimum Gasteiger partial charge on any atom is -0.345 e. The van der Waals surface area contributed by atoms with Gasteiger partial charge in [-0.3, -0.25) is 9.98 Å². The van der Waals surface area contributed by atoms with E-state index in [0.29, 0.717) is 6.04 Å². The maximum atomic E-state index is 4.76. The van der Waals surface area contributed by atoms with E-state index in [1.165, 1.54) is 17.3 Å². The Hall–Kier alpha value is -1.03. The van der Waals surface area contributed by atoms with Gasteiger partial charge in [-0.05, 0) is 18.6 Å². The number of aliphatic imine (C=N–C) groups is 1. The highest BCUT2D eigenvalue weighted by molar-refractivity contribution is 8.14. The molecule has 1 fully saturated rings. The van der Waals surface area contributed by atoms with Gasteiger partial charge in [0.05, 0.1) is 5.69 Å². The van der Waals surface area contributed by atoms with Crippen LogP contribution in [0.5, 0.6) is 0 Å². The zero-order valence-electron chi connectivity index (χ0n) is 9.34. The van der Waals surface area contributed by atoms with Crippen LogP contribution in [-0.4, -0.2) is 33.4 Å². The van der Waals surface area contributed by atoms with Crippen LogP contribution in [0.3, 0.4) is 0 Å². The van der Waals surface area contributed by atoms with Crippen molar-refractivity contribution in [3.63, 3.8) is 0 Å². The molecule has 1 aromatic heterocycles. The number of nitrogens with zero attached hydrogens (tertiary/aromatic N) is 3. The van der Waals surface area contributed by atoms with Crippen molar-refractivity contribution in [2.75, 3.05) is 12.3 Å². The molecule has 1 saturated heterocycles. The van der Waals surface area contributed by atoms with Crippen LogP contribution in [0.4, 0.5) is 0 Å². The topological polar surface area (TPSA) is 28.5 Å². The first kappa shape index (κ1) is 10.1. The second-order valence-corrected chi connectivity index (χ2v) is 5.19. The highest BCUT2D eigenvalue weighted by Gasteiger charge is 2.36. The first-order valence-electron chi connectivity index (χ1n) is 5.76. The first-order chi connectivity index (χ1) is 7.88. The van der Waals surface area contributed by atoms with Gasteiger partial charge in [-0.1, -0.05) is 24.8 Å². The largest absolute Gasteiger partial charge is 0.345 e. The molecule has 0 unspecified atom stereocenters. The fourth-order valence-electron chi connectivity index (χ4n) is 2.27. The lowest BCUT2D eigenvalue weighted by molar-refractivity contribution is 0.347. The van der Waals surface area contributed by atoms with Crippen molar-refractivity contribution < 1.29 is 0 Å². The van der Waals surface area contributed by atoms with Crippen LogP contribution in [0, 0.1) is 0 Å². The lowest BCUT2D eigenvalue weighted by atomic mass is 10.1. The van der Waals surface area contributed by atoms with E-state index in [-0.39, 0.29) is 6.04 Å². The summed E-state index contributed by atoms with van der Waals surface area (Å²) < 4.78 is 0. The van der Waals surface area contributed by atoms with E-state index >= 15 is 0 Å². The normalized spacial score (nSPS) is 28.1. The molecular formula is C12H15N3S. The lowest BCUT2D eigenvalue weighted by Gasteiger charge is -2.21. The van der Waals surface area contributed by atoms with E-state index in [0.717, 1.165) is 12.2 Å². The molecular weight excluding hydrogens is 218 g/mol. The number of aromatic nitrogens is 1. The van der Waals surface area contributed by atoms with Crippen LogP contribution in [0.15, 0.2) is 29.4 Å². The van der Waals surface area contributed by atoms with Crippen molar-refractivity contribution >= 4 is 16.9 Å². The van der Waals surface area contributed by atoms with Gasteiger partial charge in [-0.25, -0.2) is 0 Å². The van der Waals surface area contributed by atoms with Crippen molar-refractivity contribution in [1.29, 1.82) is 0 Å². The molecule has 0 amide bonds. The summed E-state index contributed by atoms with van der Waals surface area (Å²) in [7, 11) is 0. The van der Waals surface area contributed by atoms with Gasteiger partial charge < -0.3 is 4.90 Å². The molecule has 0 N–H and O–H groups in total. The fourth-order valence-corrected chi connectivity index (χ4v) is 3.62. The lowest BCUT2D eigenvalue weighted by Crippen LogP contribution is -2.32. The molecule has 3 rings (SSSR count). The van der Waals surface area contributed by atoms with E-state index in [1.54, 1.807) is 0 Å². The molecule has 2 aliphatic rings. The van der Waals surface area contributed by atoms with Gasteiger partial charge in [0.15, 0.2) is 5.17 Å². The van der Waals surface area contributed by atoms with E-state index in [1.807, 2.05) is 30.1 Å². The molecule has 0 spiro atoms. The Morgan fingerprint density at radius 2 is 2.44 bits per heavy atom. The summed E-state index contributed by atoms with van der Waals surface area (Å²) in [5.74, 6) is 1.20. The zero-order valence-corrected chi connectivity index (χ0v) is 10.2. The van der Waals surface area contributed by atoms with Crippen LogP contribution in [-0.2, 0) is 0 Å². The summed E-state index contributed by atoms with van der Waals surface area (Å²) in [6, 6.07) is 6.99. The molecule has 0 aromatic carbocycles. The Labute approximate surface area is 100.0 Å². The Morgan fingerprint density at radius 3 is 3.19 bits per heavy atom. The van der Waals surface area contributed by atoms with Crippen LogP contribution in [0.25, 0.3) is 0 Å². The van der Waals surface area contributed by atoms with Crippen molar-refractivity contribution in [2.24, 2.45) is 4.99 Å². The summed E-state index contributed by atoms with van der Waals surface area (Å²) in [6.07, 6.45) is 3.06. The minimum absolute atomic E-state index is 0.248. The van der Waals surface area contributed by atoms with Gasteiger partial charge >= 0.3 is 0 Å². The van der Waals surface area contributed by atoms with Gasteiger partial charge in [-0.2, -0.15) is 0 Å². The van der Waals surface area contributed by atoms with Crippen LogP contribution >= 0.6 is 11.8 Å². The molecule has 0 bridgehead atoms. The Morgan fingerprint density at radius 1 is 1.50 bits per heavy atom. The number of rotatable bonds is 2. The molecule has 84 valence electrons. The smallest absolute Gasteiger partial charge is 0.160 e. The molecule has 2 atom stereocenters. The van der Waals surface area contributed by atoms with Gasteiger partial charge in [0.25, 0.3) is 0 Å². The third-order valence-electron chi connectivity index (χ3n) is 3.23. The van der Waals surface area contributed by atoms with Gasteiger partial charge in [0.1, 0.15) is 6.04 Å². The van der Waals surface area contributed by atoms with E-state index in [2.05, 4.69) is 22.9 Å². The number of hydrogen-bond donors (Lipinski definition) is 0. The average Bonchev–Trinajstić information content (AvgIpc) is 2.89. The SMILES string of the molecule is CC[C@H]1CSC2=N[C@H](c3ccccn3)CN21. The van der Waals surface area contributed by atoms with E-state index in [9.17, 15) is 0 Å². The van der Waals surface area contributed by atoms with Crippen molar-refractivity contribution in [1.82, 2.24) is 9.88 Å². The molecule has 0 saturated carbocycles. The number of thioether (sulfide) groups is 1. The quantitative estimate of drug-likeness (QED) is 0.785. The third-order valence-corrected chi connectivity index (χ3v) is 4.38. The second kappa shape index (κ2) is 4.09. The molecule has 1 aromatic rings. The second-order valence-electron chi connectivity index (χ2n) is 4.21. The summed E-state index contributed by atoms with van der Waals surface area (Å²) >= 11 is 1.89. The van der Waals surface area contributed by atoms with Crippen LogP contribution < -0.4 is 0 Å². The molecule has 0 aliphatic carbocycles. The molecule has 0 radical (unpaired) electrons. The van der Waals surface area contributed by atoms with Crippen molar-refractivity contribution in [2.45, 2.75) is 25.4 Å². The number of hydrogen-bond acceptors (Lipinski definition) is 4. The summed E-state index contributed by atoms with van der Waals surface area (Å²) in [5, 5.41) is 1.22. The average molecular weight is 233 g/mol. The van der Waals surface area contributed by atoms with E-state index < -0.39 is 0 Å². The monoisotopic (exact) mass is 233 g/mol. The molecule has 3 nitrogen and oxygen atoms in total. The maximum Gasteiger partial charge on any atom is 0.160 e. The highest BCUT2D eigenvalue weighted by atomic mass is 32.2. The fraction of sp³-hybridized carbons (Fsp3) is 0.500. The first-order valence-corrected chi connectivity index (χ1v) is 6.75. The maximum absolute atomic E-state index is 4.76. The standard InChI is InChI=1S/C12H15N3S/c1-2-9-8-16-12-14-11(7-15(9)12)10-5-3-4-6-13-10/h3-6,9,11H,2,7-8H2,1H3/t9-,11-/m0/s1. The number of pyridine rings is 1. The van der Waals surface area contributed by atoms with Gasteiger partial charge in [0, 0.05) is 24.5 Å². The van der Waals surface area contributed by atoms with Gasteiger partial charge in [-0.15, -0.1) is 0 Å². The minimum atomic E-state index is 0.248. The zero-order chi connectivity index (χ0) is 11.0. The van der Waals surface area contributed by atoms with Gasteiger partial charge in [0.2, 0.25) is 0 Å². The van der Waals surface area contributed by atoms with Crippen molar-refractivity contribution in [3.05, 3.63) is 30.1 Å². The summed E-state index contributed by atoms with van der Waals surface area (Å²) in [4.78, 5) is 11.6. The predicted octanol–water partition coefficient (Wildman–Crippen LogP) is 2.32. The van der Waals surface area contributed by atoms with E-state index in [4.69, 9.17) is 4.99 Å². The Bertz CT molecular complexity index is 404. The predicted molar refractivity (Wildman–Crippen MR) is 67.7 cm³/mol. The number of amidine groups is 1. The summed E-state index contributed by atoms with van der Waals surface area (Å²) in [6.45, 7) is 3.26. The third kappa shape index (κ3) is 1.61. The molecule has 16 heavy (non-hydrogen) atoms. The highest BCUT2D eigenvalue weighted by Crippen LogP contribution is 2.35. The molecule has 3 heterocycles. The molecule has 4 heteroatoms. The number of fused-ring (bicyclic) bond motifs is 1. The summed E-state index contributed by atoms with van der Waals surface area (Å²) in [5.41, 5.74) is 1.10.